The van der Waals surface area contributed by atoms with Crippen molar-refractivity contribution < 1.29 is 29.2 Å². The molecule has 1 aromatic heterocycles. The van der Waals surface area contributed by atoms with Crippen LogP contribution in [0.4, 0.5) is 0 Å². The van der Waals surface area contributed by atoms with Gasteiger partial charge in [0.15, 0.2) is 0 Å². The Balaban J connectivity index is 1.25. The summed E-state index contributed by atoms with van der Waals surface area (Å²) in [4.78, 5) is 14.2. The molecular formula is C27H33Cl3O6S. The van der Waals surface area contributed by atoms with E-state index >= 15 is 0 Å². The normalized spacial score (nSPS) is 25.3. The Morgan fingerprint density at radius 2 is 1.81 bits per heavy atom. The standard InChI is InChI=1S/C27H33Cl3O6S/c28-18-8-17(9-19(29)10-18)4-6-22-21(23(30)11-24(22)32)3-1-2-20-5-7-25(37-20)26(33)36-15-27(12-31)13-34-16-35-14-27/h5,7-10,21-24,31-32H,1-4,6,11-16H2/t21-,22-,23+,24-/m1/s1. The number of ether oxygens (including phenoxy) is 3. The number of carbonyl (C=O) groups is 1. The number of thiophene rings is 1. The van der Waals surface area contributed by atoms with Gasteiger partial charge in [-0.25, -0.2) is 4.79 Å². The van der Waals surface area contributed by atoms with Crippen LogP contribution in [0.25, 0.3) is 0 Å². The van der Waals surface area contributed by atoms with Gasteiger partial charge >= 0.3 is 5.97 Å². The van der Waals surface area contributed by atoms with Crippen molar-refractivity contribution in [1.82, 2.24) is 0 Å². The van der Waals surface area contributed by atoms with Crippen molar-refractivity contribution in [2.75, 3.05) is 33.2 Å². The van der Waals surface area contributed by atoms with E-state index in [-0.39, 0.29) is 50.4 Å². The predicted octanol–water partition coefficient (Wildman–Crippen LogP) is 5.75. The van der Waals surface area contributed by atoms with Gasteiger partial charge < -0.3 is 24.4 Å². The number of esters is 1. The third-order valence-electron chi connectivity index (χ3n) is 7.32. The largest absolute Gasteiger partial charge is 0.461 e. The minimum Gasteiger partial charge on any atom is -0.461 e. The number of aliphatic hydroxyl groups excluding tert-OH is 2. The van der Waals surface area contributed by atoms with Gasteiger partial charge in [-0.2, -0.15) is 0 Å². The van der Waals surface area contributed by atoms with Crippen LogP contribution < -0.4 is 0 Å². The first-order valence-corrected chi connectivity index (χ1v) is 14.6. The minimum atomic E-state index is -0.715. The molecule has 0 bridgehead atoms. The maximum Gasteiger partial charge on any atom is 0.348 e. The molecule has 204 valence electrons. The van der Waals surface area contributed by atoms with Crippen LogP contribution in [0.15, 0.2) is 30.3 Å². The van der Waals surface area contributed by atoms with Crippen molar-refractivity contribution in [1.29, 1.82) is 0 Å². The lowest BCUT2D eigenvalue weighted by Gasteiger charge is -2.34. The Hall–Kier alpha value is -0.900. The van der Waals surface area contributed by atoms with Gasteiger partial charge in [-0.3, -0.25) is 0 Å². The summed E-state index contributed by atoms with van der Waals surface area (Å²) in [5.74, 6) is -0.0541. The average Bonchev–Trinajstić information content (AvgIpc) is 3.45. The van der Waals surface area contributed by atoms with E-state index in [1.807, 2.05) is 18.2 Å². The Bertz CT molecular complexity index is 1020. The molecule has 1 saturated carbocycles. The third kappa shape index (κ3) is 7.83. The first-order valence-electron chi connectivity index (χ1n) is 12.6. The van der Waals surface area contributed by atoms with Crippen LogP contribution >= 0.6 is 46.1 Å². The second kappa shape index (κ2) is 13.4. The summed E-state index contributed by atoms with van der Waals surface area (Å²) in [5.41, 5.74) is 0.348. The minimum absolute atomic E-state index is 0.0411. The molecule has 4 rings (SSSR count). The lowest BCUT2D eigenvalue weighted by atomic mass is 9.85. The fraction of sp³-hybridized carbons (Fsp3) is 0.593. The van der Waals surface area contributed by atoms with E-state index in [9.17, 15) is 15.0 Å². The van der Waals surface area contributed by atoms with E-state index in [2.05, 4.69) is 0 Å². The van der Waals surface area contributed by atoms with E-state index in [0.29, 0.717) is 21.3 Å². The van der Waals surface area contributed by atoms with Crippen LogP contribution in [0.2, 0.25) is 10.0 Å². The summed E-state index contributed by atoms with van der Waals surface area (Å²) >= 11 is 20.3. The average molecular weight is 592 g/mol. The molecule has 1 saturated heterocycles. The quantitative estimate of drug-likeness (QED) is 0.256. The molecule has 10 heteroatoms. The monoisotopic (exact) mass is 590 g/mol. The van der Waals surface area contributed by atoms with Crippen molar-refractivity contribution in [3.05, 3.63) is 55.7 Å². The number of halogens is 3. The molecule has 4 atom stereocenters. The second-order valence-electron chi connectivity index (χ2n) is 10.2. The van der Waals surface area contributed by atoms with Gasteiger partial charge in [0.2, 0.25) is 0 Å². The van der Waals surface area contributed by atoms with E-state index in [1.54, 1.807) is 12.1 Å². The number of rotatable bonds is 11. The summed E-state index contributed by atoms with van der Waals surface area (Å²) in [6, 6.07) is 9.29. The van der Waals surface area contributed by atoms with Gasteiger partial charge in [-0.15, -0.1) is 22.9 Å². The number of aryl methyl sites for hydroxylation is 2. The Morgan fingerprint density at radius 1 is 1.08 bits per heavy atom. The molecule has 2 heterocycles. The van der Waals surface area contributed by atoms with Crippen molar-refractivity contribution in [3.63, 3.8) is 0 Å². The molecule has 6 nitrogen and oxygen atoms in total. The maximum absolute atomic E-state index is 12.6. The van der Waals surface area contributed by atoms with Crippen LogP contribution in [0.3, 0.4) is 0 Å². The van der Waals surface area contributed by atoms with Gasteiger partial charge in [0, 0.05) is 20.3 Å². The fourth-order valence-electron chi connectivity index (χ4n) is 5.28. The van der Waals surface area contributed by atoms with Gasteiger partial charge in [0.1, 0.15) is 18.3 Å². The second-order valence-corrected chi connectivity index (χ2v) is 12.8. The van der Waals surface area contributed by atoms with Gasteiger partial charge in [-0.1, -0.05) is 23.2 Å². The molecule has 0 unspecified atom stereocenters. The molecular weight excluding hydrogens is 559 g/mol. The molecule has 1 aliphatic heterocycles. The van der Waals surface area contributed by atoms with Crippen molar-refractivity contribution in [3.8, 4) is 0 Å². The van der Waals surface area contributed by atoms with Gasteiger partial charge in [0.25, 0.3) is 0 Å². The lowest BCUT2D eigenvalue weighted by Crippen LogP contribution is -2.44. The number of benzene rings is 1. The Morgan fingerprint density at radius 3 is 2.51 bits per heavy atom. The number of hydrogen-bond donors (Lipinski definition) is 2. The van der Waals surface area contributed by atoms with E-state index in [0.717, 1.165) is 42.5 Å². The number of alkyl halides is 1. The molecule has 0 radical (unpaired) electrons. The molecule has 2 aliphatic rings. The molecule has 2 fully saturated rings. The summed E-state index contributed by atoms with van der Waals surface area (Å²) in [5, 5.41) is 21.5. The molecule has 37 heavy (non-hydrogen) atoms. The SMILES string of the molecule is O=C(OCC1(CO)COCOC1)c1ccc(CCC[C@@H]2[C@@H](CCc3cc(Cl)cc(Cl)c3)[C@H](O)C[C@@H]2Cl)s1. The number of carbonyl (C=O) groups excluding carboxylic acids is 1. The van der Waals surface area contributed by atoms with Crippen LogP contribution in [0, 0.1) is 17.3 Å². The molecule has 0 spiro atoms. The third-order valence-corrected chi connectivity index (χ3v) is 9.38. The first kappa shape index (κ1) is 29.1. The fourth-order valence-corrected chi connectivity index (χ4v) is 7.29. The zero-order chi connectivity index (χ0) is 26.4. The highest BCUT2D eigenvalue weighted by atomic mass is 35.5. The maximum atomic E-state index is 12.6. The Kier molecular flexibility index (Phi) is 10.6. The van der Waals surface area contributed by atoms with Crippen LogP contribution in [0.5, 0.6) is 0 Å². The van der Waals surface area contributed by atoms with E-state index in [1.165, 1.54) is 11.3 Å². The summed E-state index contributed by atoms with van der Waals surface area (Å²) in [7, 11) is 0. The van der Waals surface area contributed by atoms with E-state index in [4.69, 9.17) is 49.0 Å². The van der Waals surface area contributed by atoms with Crippen molar-refractivity contribution in [2.24, 2.45) is 17.3 Å². The summed E-state index contributed by atoms with van der Waals surface area (Å²) in [6.07, 6.45) is 4.45. The van der Waals surface area contributed by atoms with Crippen LogP contribution in [-0.4, -0.2) is 60.9 Å². The van der Waals surface area contributed by atoms with Crippen LogP contribution in [0.1, 0.15) is 45.8 Å². The first-order chi connectivity index (χ1) is 17.8. The molecule has 1 aliphatic carbocycles. The smallest absolute Gasteiger partial charge is 0.348 e. The van der Waals surface area contributed by atoms with E-state index < -0.39 is 17.5 Å². The molecule has 1 aromatic carbocycles. The zero-order valence-electron chi connectivity index (χ0n) is 20.5. The highest BCUT2D eigenvalue weighted by Crippen LogP contribution is 2.42. The molecule has 0 amide bonds. The number of aliphatic hydroxyl groups is 2. The summed E-state index contributed by atoms with van der Waals surface area (Å²) < 4.78 is 16.0. The number of hydrogen-bond acceptors (Lipinski definition) is 7. The molecule has 2 N–H and O–H groups in total. The van der Waals surface area contributed by atoms with Crippen LogP contribution in [-0.2, 0) is 27.1 Å². The highest BCUT2D eigenvalue weighted by Gasteiger charge is 2.40. The van der Waals surface area contributed by atoms with Crippen molar-refractivity contribution >= 4 is 52.1 Å². The van der Waals surface area contributed by atoms with Crippen molar-refractivity contribution in [2.45, 2.75) is 50.0 Å². The topological polar surface area (TPSA) is 85.2 Å². The predicted molar refractivity (Wildman–Crippen MR) is 146 cm³/mol. The summed E-state index contributed by atoms with van der Waals surface area (Å²) in [6.45, 7) is 0.627. The van der Waals surface area contributed by atoms with Gasteiger partial charge in [0.05, 0.1) is 31.3 Å². The molecule has 2 aromatic rings. The zero-order valence-corrected chi connectivity index (χ0v) is 23.6. The van der Waals surface area contributed by atoms with Gasteiger partial charge in [-0.05, 0) is 86.3 Å². The highest BCUT2D eigenvalue weighted by molar-refractivity contribution is 7.13. The Labute approximate surface area is 236 Å². The lowest BCUT2D eigenvalue weighted by molar-refractivity contribution is -0.187.